The van der Waals surface area contributed by atoms with E-state index in [1.807, 2.05) is 12.1 Å². The smallest absolute Gasteiger partial charge is 0.306 e. The number of amides is 2. The molecule has 0 aromatic heterocycles. The summed E-state index contributed by atoms with van der Waals surface area (Å²) in [6.07, 6.45) is 4.45. The quantitative estimate of drug-likeness (QED) is 0.457. The van der Waals surface area contributed by atoms with Gasteiger partial charge >= 0.3 is 5.97 Å². The van der Waals surface area contributed by atoms with Gasteiger partial charge in [0.05, 0.1) is 17.6 Å². The van der Waals surface area contributed by atoms with Gasteiger partial charge in [0, 0.05) is 43.5 Å². The van der Waals surface area contributed by atoms with Crippen LogP contribution in [0.4, 0.5) is 10.1 Å². The highest BCUT2D eigenvalue weighted by atomic mass is 19.1. The molecule has 2 aromatic carbocycles. The first-order chi connectivity index (χ1) is 17.4. The van der Waals surface area contributed by atoms with Gasteiger partial charge in [-0.05, 0) is 74.9 Å². The average molecular weight is 498 g/mol. The molecule has 2 fully saturated rings. The molecule has 0 bridgehead atoms. The number of hydrogen-bond acceptors (Lipinski definition) is 5. The van der Waals surface area contributed by atoms with Crippen LogP contribution >= 0.6 is 0 Å². The minimum Gasteiger partial charge on any atom is -0.490 e. The standard InChI is InChI=1S/C27H32FN3O5/c28-24-17-22(36-21-9-5-19(6-10-21)27(34)35)11-12-23(24)26(33)30-14-13-29-25(32)18-3-7-20(8-4-18)31-15-1-2-16-31/h3-4,7-8,11-12,17,19,21H,1-2,5-6,9-10,13-16H2,(H,29,32)(H,30,33)(H,34,35). The first-order valence-electron chi connectivity index (χ1n) is 12.5. The van der Waals surface area contributed by atoms with Gasteiger partial charge in [-0.3, -0.25) is 14.4 Å². The predicted octanol–water partition coefficient (Wildman–Crippen LogP) is 3.61. The number of aliphatic carboxylic acids is 1. The van der Waals surface area contributed by atoms with E-state index in [2.05, 4.69) is 15.5 Å². The number of carboxylic acids is 1. The Morgan fingerprint density at radius 2 is 1.56 bits per heavy atom. The van der Waals surface area contributed by atoms with Gasteiger partial charge in [-0.15, -0.1) is 0 Å². The summed E-state index contributed by atoms with van der Waals surface area (Å²) in [5.74, 6) is -2.34. The molecule has 0 radical (unpaired) electrons. The Hall–Kier alpha value is -3.62. The van der Waals surface area contributed by atoms with Crippen LogP contribution in [0.3, 0.4) is 0 Å². The van der Waals surface area contributed by atoms with Crippen LogP contribution in [-0.2, 0) is 4.79 Å². The summed E-state index contributed by atoms with van der Waals surface area (Å²) >= 11 is 0. The zero-order valence-electron chi connectivity index (χ0n) is 20.2. The molecule has 192 valence electrons. The molecule has 2 aliphatic rings. The van der Waals surface area contributed by atoms with E-state index in [4.69, 9.17) is 9.84 Å². The third kappa shape index (κ3) is 6.53. The van der Waals surface area contributed by atoms with Crippen molar-refractivity contribution in [1.29, 1.82) is 0 Å². The molecule has 8 nitrogen and oxygen atoms in total. The minimum absolute atomic E-state index is 0.110. The predicted molar refractivity (Wildman–Crippen MR) is 133 cm³/mol. The van der Waals surface area contributed by atoms with E-state index >= 15 is 0 Å². The summed E-state index contributed by atoms with van der Waals surface area (Å²) in [4.78, 5) is 38.1. The molecule has 1 heterocycles. The fourth-order valence-corrected chi connectivity index (χ4v) is 4.72. The van der Waals surface area contributed by atoms with Gasteiger partial charge in [0.1, 0.15) is 11.6 Å². The Labute approximate surface area is 209 Å². The summed E-state index contributed by atoms with van der Waals surface area (Å²) in [7, 11) is 0. The highest BCUT2D eigenvalue weighted by molar-refractivity contribution is 5.95. The van der Waals surface area contributed by atoms with Crippen LogP contribution in [0, 0.1) is 11.7 Å². The summed E-state index contributed by atoms with van der Waals surface area (Å²) in [6.45, 7) is 2.44. The van der Waals surface area contributed by atoms with Crippen LogP contribution in [0.15, 0.2) is 42.5 Å². The van der Waals surface area contributed by atoms with Crippen molar-refractivity contribution in [3.63, 3.8) is 0 Å². The number of nitrogens with one attached hydrogen (secondary N) is 2. The van der Waals surface area contributed by atoms with Gasteiger partial charge < -0.3 is 25.4 Å². The molecule has 2 amide bonds. The maximum absolute atomic E-state index is 14.5. The van der Waals surface area contributed by atoms with Crippen LogP contribution < -0.4 is 20.3 Å². The highest BCUT2D eigenvalue weighted by Crippen LogP contribution is 2.28. The molecular formula is C27H32FN3O5. The molecule has 2 aromatic rings. The van der Waals surface area contributed by atoms with Gasteiger partial charge in [-0.1, -0.05) is 0 Å². The molecule has 0 atom stereocenters. The first-order valence-corrected chi connectivity index (χ1v) is 12.5. The van der Waals surface area contributed by atoms with Crippen LogP contribution in [-0.4, -0.2) is 55.2 Å². The van der Waals surface area contributed by atoms with Gasteiger partial charge in [0.25, 0.3) is 11.8 Å². The maximum Gasteiger partial charge on any atom is 0.306 e. The highest BCUT2D eigenvalue weighted by Gasteiger charge is 2.27. The van der Waals surface area contributed by atoms with Crippen molar-refractivity contribution in [3.8, 4) is 5.75 Å². The van der Waals surface area contributed by atoms with Crippen molar-refractivity contribution in [2.75, 3.05) is 31.1 Å². The van der Waals surface area contributed by atoms with E-state index in [9.17, 15) is 18.8 Å². The summed E-state index contributed by atoms with van der Waals surface area (Å²) in [5, 5.41) is 14.5. The largest absolute Gasteiger partial charge is 0.490 e. The lowest BCUT2D eigenvalue weighted by atomic mass is 9.87. The fourth-order valence-electron chi connectivity index (χ4n) is 4.72. The molecule has 0 unspecified atom stereocenters. The van der Waals surface area contributed by atoms with E-state index in [0.29, 0.717) is 37.0 Å². The molecule has 1 saturated carbocycles. The second-order valence-electron chi connectivity index (χ2n) is 9.32. The third-order valence-electron chi connectivity index (χ3n) is 6.81. The number of hydrogen-bond donors (Lipinski definition) is 3. The molecule has 1 aliphatic heterocycles. The van der Waals surface area contributed by atoms with Crippen LogP contribution in [0.2, 0.25) is 0 Å². The van der Waals surface area contributed by atoms with Crippen molar-refractivity contribution in [2.24, 2.45) is 5.92 Å². The Morgan fingerprint density at radius 1 is 0.917 bits per heavy atom. The monoisotopic (exact) mass is 497 g/mol. The Balaban J connectivity index is 1.19. The van der Waals surface area contributed by atoms with E-state index in [0.717, 1.165) is 18.8 Å². The van der Waals surface area contributed by atoms with E-state index in [1.54, 1.807) is 12.1 Å². The number of benzene rings is 2. The lowest BCUT2D eigenvalue weighted by Gasteiger charge is -2.26. The number of carboxylic acid groups (broad SMARTS) is 1. The molecule has 1 saturated heterocycles. The number of ether oxygens (including phenoxy) is 1. The number of halogens is 1. The number of anilines is 1. The maximum atomic E-state index is 14.5. The number of rotatable bonds is 9. The Kier molecular flexibility index (Phi) is 8.40. The topological polar surface area (TPSA) is 108 Å². The molecule has 1 aliphatic carbocycles. The summed E-state index contributed by atoms with van der Waals surface area (Å²) in [5.41, 5.74) is 1.54. The zero-order chi connectivity index (χ0) is 25.5. The van der Waals surface area contributed by atoms with E-state index in [1.165, 1.54) is 31.0 Å². The molecule has 36 heavy (non-hydrogen) atoms. The zero-order valence-corrected chi connectivity index (χ0v) is 20.2. The number of carbonyl (C=O) groups is 3. The number of carbonyl (C=O) groups excluding carboxylic acids is 2. The molecular weight excluding hydrogens is 465 g/mol. The van der Waals surface area contributed by atoms with Crippen LogP contribution in [0.5, 0.6) is 5.75 Å². The van der Waals surface area contributed by atoms with Crippen LogP contribution in [0.1, 0.15) is 59.2 Å². The van der Waals surface area contributed by atoms with Crippen molar-refractivity contribution in [1.82, 2.24) is 10.6 Å². The molecule has 0 spiro atoms. The Bertz CT molecular complexity index is 1080. The second-order valence-corrected chi connectivity index (χ2v) is 9.32. The van der Waals surface area contributed by atoms with Crippen molar-refractivity contribution < 1.29 is 28.6 Å². The normalized spacial score (nSPS) is 19.5. The Morgan fingerprint density at radius 3 is 2.17 bits per heavy atom. The second kappa shape index (κ2) is 11.9. The van der Waals surface area contributed by atoms with Gasteiger partial charge in [0.2, 0.25) is 0 Å². The van der Waals surface area contributed by atoms with Gasteiger partial charge in [-0.2, -0.15) is 0 Å². The summed E-state index contributed by atoms with van der Waals surface area (Å²) in [6, 6.07) is 11.5. The fraction of sp³-hybridized carbons (Fsp3) is 0.444. The minimum atomic E-state index is -0.791. The SMILES string of the molecule is O=C(NCCNC(=O)c1ccc(OC2CCC(C(=O)O)CC2)cc1F)c1ccc(N2CCCC2)cc1. The lowest BCUT2D eigenvalue weighted by Crippen LogP contribution is -2.35. The van der Waals surface area contributed by atoms with Crippen molar-refractivity contribution in [2.45, 2.75) is 44.6 Å². The molecule has 9 heteroatoms. The van der Waals surface area contributed by atoms with Crippen LogP contribution in [0.25, 0.3) is 0 Å². The molecule has 3 N–H and O–H groups in total. The van der Waals surface area contributed by atoms with Gasteiger partial charge in [-0.25, -0.2) is 4.39 Å². The molecule has 4 rings (SSSR count). The third-order valence-corrected chi connectivity index (χ3v) is 6.81. The van der Waals surface area contributed by atoms with Crippen molar-refractivity contribution in [3.05, 3.63) is 59.4 Å². The number of nitrogens with zero attached hydrogens (tertiary/aromatic N) is 1. The van der Waals surface area contributed by atoms with E-state index < -0.39 is 17.7 Å². The average Bonchev–Trinajstić information content (AvgIpc) is 3.42. The lowest BCUT2D eigenvalue weighted by molar-refractivity contribution is -0.143. The first kappa shape index (κ1) is 25.5. The van der Waals surface area contributed by atoms with Crippen molar-refractivity contribution >= 4 is 23.5 Å². The van der Waals surface area contributed by atoms with Gasteiger partial charge in [0.15, 0.2) is 0 Å². The summed E-state index contributed by atoms with van der Waals surface area (Å²) < 4.78 is 20.3. The van der Waals surface area contributed by atoms with E-state index in [-0.39, 0.29) is 36.6 Å².